The van der Waals surface area contributed by atoms with Gasteiger partial charge in [0.1, 0.15) is 18.2 Å². The third-order valence-electron chi connectivity index (χ3n) is 2.87. The number of aromatic nitrogens is 2. The van der Waals surface area contributed by atoms with Gasteiger partial charge in [-0.2, -0.15) is 18.3 Å². The van der Waals surface area contributed by atoms with Gasteiger partial charge in [-0.3, -0.25) is 4.68 Å². The van der Waals surface area contributed by atoms with E-state index in [-0.39, 0.29) is 18.4 Å². The summed E-state index contributed by atoms with van der Waals surface area (Å²) in [6.45, 7) is 3.96. The van der Waals surface area contributed by atoms with Crippen molar-refractivity contribution in [1.82, 2.24) is 9.78 Å². The summed E-state index contributed by atoms with van der Waals surface area (Å²) in [5, 5.41) is 4.11. The molecule has 0 unspecified atom stereocenters. The highest BCUT2D eigenvalue weighted by molar-refractivity contribution is 5.32. The van der Waals surface area contributed by atoms with Crippen LogP contribution in [0.25, 0.3) is 0 Å². The Kier molecular flexibility index (Phi) is 4.11. The van der Waals surface area contributed by atoms with E-state index in [0.717, 1.165) is 12.1 Å². The lowest BCUT2D eigenvalue weighted by atomic mass is 10.2. The van der Waals surface area contributed by atoms with E-state index in [0.29, 0.717) is 11.5 Å². The smallest absolute Gasteiger partial charge is 0.416 e. The van der Waals surface area contributed by atoms with Crippen LogP contribution >= 0.6 is 0 Å². The molecule has 0 fully saturated rings. The molecule has 0 spiro atoms. The van der Waals surface area contributed by atoms with Crippen molar-refractivity contribution in [2.24, 2.45) is 0 Å². The molecule has 7 heteroatoms. The Labute approximate surface area is 120 Å². The van der Waals surface area contributed by atoms with Gasteiger partial charge in [0.2, 0.25) is 0 Å². The normalized spacial score (nSPS) is 11.9. The van der Waals surface area contributed by atoms with Gasteiger partial charge in [0.05, 0.1) is 11.3 Å². The molecule has 0 saturated carbocycles. The van der Waals surface area contributed by atoms with Crippen molar-refractivity contribution in [3.05, 3.63) is 41.6 Å². The summed E-state index contributed by atoms with van der Waals surface area (Å²) >= 11 is 0. The number of benzene rings is 1. The van der Waals surface area contributed by atoms with Crippen LogP contribution in [0.4, 0.5) is 19.0 Å². The number of halogens is 3. The SMILES string of the molecule is CC(C)n1nc(N)cc1COc1cccc(C(F)(F)F)c1. The van der Waals surface area contributed by atoms with Crippen LogP contribution in [0.5, 0.6) is 5.75 Å². The van der Waals surface area contributed by atoms with Crippen LogP contribution in [-0.2, 0) is 12.8 Å². The standard InChI is InChI=1S/C14H16F3N3O/c1-9(2)20-11(7-13(18)19-20)8-21-12-5-3-4-10(6-12)14(15,16)17/h3-7,9H,8H2,1-2H3,(H2,18,19). The lowest BCUT2D eigenvalue weighted by molar-refractivity contribution is -0.137. The molecule has 1 aromatic carbocycles. The molecule has 114 valence electrons. The third kappa shape index (κ3) is 3.68. The molecule has 0 atom stereocenters. The van der Waals surface area contributed by atoms with Gasteiger partial charge in [-0.25, -0.2) is 0 Å². The molecule has 0 saturated heterocycles. The van der Waals surface area contributed by atoms with Gasteiger partial charge in [-0.1, -0.05) is 6.07 Å². The molecule has 2 rings (SSSR count). The minimum Gasteiger partial charge on any atom is -0.487 e. The average Bonchev–Trinajstić information content (AvgIpc) is 2.77. The van der Waals surface area contributed by atoms with E-state index in [1.165, 1.54) is 12.1 Å². The Hall–Kier alpha value is -2.18. The van der Waals surface area contributed by atoms with Crippen LogP contribution < -0.4 is 10.5 Å². The molecule has 21 heavy (non-hydrogen) atoms. The van der Waals surface area contributed by atoms with Gasteiger partial charge < -0.3 is 10.5 Å². The second-order valence-electron chi connectivity index (χ2n) is 4.91. The highest BCUT2D eigenvalue weighted by atomic mass is 19.4. The molecule has 0 aliphatic rings. The maximum atomic E-state index is 12.6. The summed E-state index contributed by atoms with van der Waals surface area (Å²) in [7, 11) is 0. The Bertz CT molecular complexity index is 620. The van der Waals surface area contributed by atoms with Crippen molar-refractivity contribution >= 4 is 5.82 Å². The molecule has 0 aliphatic heterocycles. The Morgan fingerprint density at radius 3 is 2.62 bits per heavy atom. The number of hydrogen-bond acceptors (Lipinski definition) is 3. The van der Waals surface area contributed by atoms with Gasteiger partial charge in [0.15, 0.2) is 0 Å². The lowest BCUT2D eigenvalue weighted by Crippen LogP contribution is -2.10. The van der Waals surface area contributed by atoms with E-state index in [4.69, 9.17) is 10.5 Å². The van der Waals surface area contributed by atoms with Gasteiger partial charge in [-0.05, 0) is 32.0 Å². The second-order valence-corrected chi connectivity index (χ2v) is 4.91. The molecular weight excluding hydrogens is 283 g/mol. The number of nitrogens with two attached hydrogens (primary N) is 1. The zero-order valence-electron chi connectivity index (χ0n) is 11.7. The quantitative estimate of drug-likeness (QED) is 0.937. The molecule has 0 amide bonds. The van der Waals surface area contributed by atoms with Gasteiger partial charge in [0, 0.05) is 12.1 Å². The molecule has 0 aliphatic carbocycles. The molecule has 0 bridgehead atoms. The first kappa shape index (κ1) is 15.2. The van der Waals surface area contributed by atoms with Crippen LogP contribution in [0, 0.1) is 0 Å². The molecule has 2 aromatic rings. The largest absolute Gasteiger partial charge is 0.487 e. The molecule has 2 N–H and O–H groups in total. The van der Waals surface area contributed by atoms with Crippen LogP contribution in [0.1, 0.15) is 31.1 Å². The van der Waals surface area contributed by atoms with E-state index in [2.05, 4.69) is 5.10 Å². The molecule has 1 heterocycles. The van der Waals surface area contributed by atoms with Crippen LogP contribution in [0.3, 0.4) is 0 Å². The van der Waals surface area contributed by atoms with Gasteiger partial charge >= 0.3 is 6.18 Å². The van der Waals surface area contributed by atoms with Crippen LogP contribution in [0.2, 0.25) is 0 Å². The molecule has 0 radical (unpaired) electrons. The number of hydrogen-bond donors (Lipinski definition) is 1. The minimum atomic E-state index is -4.39. The number of rotatable bonds is 4. The number of alkyl halides is 3. The van der Waals surface area contributed by atoms with E-state index in [1.807, 2.05) is 13.8 Å². The summed E-state index contributed by atoms with van der Waals surface area (Å²) in [4.78, 5) is 0. The van der Waals surface area contributed by atoms with Crippen molar-refractivity contribution < 1.29 is 17.9 Å². The Balaban J connectivity index is 2.14. The van der Waals surface area contributed by atoms with Crippen LogP contribution in [-0.4, -0.2) is 9.78 Å². The number of nitrogens with zero attached hydrogens (tertiary/aromatic N) is 2. The predicted octanol–water partition coefficient (Wildman–Crippen LogP) is 3.64. The zero-order chi connectivity index (χ0) is 15.6. The molecular formula is C14H16F3N3O. The highest BCUT2D eigenvalue weighted by Crippen LogP contribution is 2.31. The van der Waals surface area contributed by atoms with Crippen molar-refractivity contribution in [2.45, 2.75) is 32.7 Å². The van der Waals surface area contributed by atoms with Crippen molar-refractivity contribution in [1.29, 1.82) is 0 Å². The highest BCUT2D eigenvalue weighted by Gasteiger charge is 2.30. The van der Waals surface area contributed by atoms with Crippen molar-refractivity contribution in [3.8, 4) is 5.75 Å². The molecule has 4 nitrogen and oxygen atoms in total. The fraction of sp³-hybridized carbons (Fsp3) is 0.357. The summed E-state index contributed by atoms with van der Waals surface area (Å²) in [6.07, 6.45) is -4.39. The average molecular weight is 299 g/mol. The fourth-order valence-corrected chi connectivity index (χ4v) is 1.93. The van der Waals surface area contributed by atoms with Crippen LogP contribution in [0.15, 0.2) is 30.3 Å². The number of nitrogen functional groups attached to an aromatic ring is 1. The molecule has 1 aromatic heterocycles. The van der Waals surface area contributed by atoms with E-state index in [1.54, 1.807) is 10.7 Å². The van der Waals surface area contributed by atoms with Gasteiger partial charge in [-0.15, -0.1) is 0 Å². The summed E-state index contributed by atoms with van der Waals surface area (Å²) in [5.74, 6) is 0.506. The van der Waals surface area contributed by atoms with Gasteiger partial charge in [0.25, 0.3) is 0 Å². The van der Waals surface area contributed by atoms with Crippen molar-refractivity contribution in [2.75, 3.05) is 5.73 Å². The lowest BCUT2D eigenvalue weighted by Gasteiger charge is -2.13. The van der Waals surface area contributed by atoms with Crippen molar-refractivity contribution in [3.63, 3.8) is 0 Å². The van der Waals surface area contributed by atoms with E-state index >= 15 is 0 Å². The maximum absolute atomic E-state index is 12.6. The Morgan fingerprint density at radius 2 is 2.00 bits per heavy atom. The zero-order valence-corrected chi connectivity index (χ0v) is 11.7. The monoisotopic (exact) mass is 299 g/mol. The minimum absolute atomic E-state index is 0.0856. The summed E-state index contributed by atoms with van der Waals surface area (Å²) in [5.41, 5.74) is 5.60. The fourth-order valence-electron chi connectivity index (χ4n) is 1.93. The predicted molar refractivity (Wildman–Crippen MR) is 72.8 cm³/mol. The number of anilines is 1. The topological polar surface area (TPSA) is 53.1 Å². The second kappa shape index (κ2) is 5.67. The third-order valence-corrected chi connectivity index (χ3v) is 2.87. The summed E-state index contributed by atoms with van der Waals surface area (Å²) in [6, 6.07) is 6.50. The van der Waals surface area contributed by atoms with E-state index in [9.17, 15) is 13.2 Å². The Morgan fingerprint density at radius 1 is 1.29 bits per heavy atom. The first-order valence-electron chi connectivity index (χ1n) is 6.41. The maximum Gasteiger partial charge on any atom is 0.416 e. The summed E-state index contributed by atoms with van der Waals surface area (Å²) < 4.78 is 45.0. The first-order chi connectivity index (χ1) is 9.77. The number of ether oxygens (including phenoxy) is 1. The first-order valence-corrected chi connectivity index (χ1v) is 6.41. The van der Waals surface area contributed by atoms with E-state index < -0.39 is 11.7 Å².